The van der Waals surface area contributed by atoms with E-state index in [-0.39, 0.29) is 11.9 Å². The predicted molar refractivity (Wildman–Crippen MR) is 92.1 cm³/mol. The number of methoxy groups -OCH3 is 1. The number of hydrogen-bond donors (Lipinski definition) is 0. The molecule has 120 valence electrons. The fourth-order valence-electron chi connectivity index (χ4n) is 2.87. The van der Waals surface area contributed by atoms with E-state index in [1.54, 1.807) is 7.11 Å². The maximum absolute atomic E-state index is 13.1. The highest BCUT2D eigenvalue weighted by Gasteiger charge is 2.37. The van der Waals surface area contributed by atoms with Gasteiger partial charge in [0.2, 0.25) is 0 Å². The highest BCUT2D eigenvalue weighted by Crippen LogP contribution is 2.37. The number of rotatable bonds is 5. The molecule has 0 N–H and O–H groups in total. The van der Waals surface area contributed by atoms with Crippen LogP contribution in [0.5, 0.6) is 5.75 Å². The molecule has 0 spiro atoms. The fraction of sp³-hybridized carbons (Fsp3) is 0.316. The third-order valence-corrected chi connectivity index (χ3v) is 4.53. The van der Waals surface area contributed by atoms with E-state index in [9.17, 15) is 4.79 Å². The Bertz CT molecular complexity index is 695. The molecule has 0 saturated heterocycles. The summed E-state index contributed by atoms with van der Waals surface area (Å²) in [5.41, 5.74) is 1.70. The van der Waals surface area contributed by atoms with Crippen molar-refractivity contribution in [3.05, 3.63) is 64.7 Å². The van der Waals surface area contributed by atoms with Gasteiger partial charge in [0.25, 0.3) is 5.91 Å². The second-order valence-electron chi connectivity index (χ2n) is 5.87. The zero-order valence-corrected chi connectivity index (χ0v) is 14.1. The summed E-state index contributed by atoms with van der Waals surface area (Å²) in [5, 5.41) is 0.704. The Kier molecular flexibility index (Phi) is 4.58. The quantitative estimate of drug-likeness (QED) is 0.794. The van der Waals surface area contributed by atoms with Gasteiger partial charge in [-0.1, -0.05) is 35.9 Å². The Balaban J connectivity index is 1.92. The first-order valence-corrected chi connectivity index (χ1v) is 8.20. The van der Waals surface area contributed by atoms with Gasteiger partial charge >= 0.3 is 0 Å². The normalized spacial score (nSPS) is 15.1. The predicted octanol–water partition coefficient (Wildman–Crippen LogP) is 4.71. The number of carbonyl (C=O) groups excluding carboxylic acids is 1. The Hall–Kier alpha value is -2.00. The molecule has 1 aliphatic rings. The maximum atomic E-state index is 13.1. The first kappa shape index (κ1) is 15.9. The van der Waals surface area contributed by atoms with Crippen LogP contribution in [0.2, 0.25) is 5.02 Å². The van der Waals surface area contributed by atoms with E-state index in [0.717, 1.165) is 18.4 Å². The SMILES string of the molecule is COc1ccccc1C(=O)N(C1CC1)C(C)c1ccc(Cl)cc1. The van der Waals surface area contributed by atoms with Crippen molar-refractivity contribution in [2.24, 2.45) is 0 Å². The molecule has 1 atom stereocenters. The number of benzene rings is 2. The van der Waals surface area contributed by atoms with Crippen LogP contribution in [0.4, 0.5) is 0 Å². The van der Waals surface area contributed by atoms with Gasteiger partial charge in [0, 0.05) is 11.1 Å². The molecule has 2 aromatic rings. The van der Waals surface area contributed by atoms with Crippen LogP contribution in [0, 0.1) is 0 Å². The van der Waals surface area contributed by atoms with E-state index in [1.807, 2.05) is 53.4 Å². The van der Waals surface area contributed by atoms with Crippen LogP contribution in [0.25, 0.3) is 0 Å². The molecule has 23 heavy (non-hydrogen) atoms. The molecule has 2 aromatic carbocycles. The smallest absolute Gasteiger partial charge is 0.258 e. The average Bonchev–Trinajstić information content (AvgIpc) is 3.40. The van der Waals surface area contributed by atoms with Gasteiger partial charge in [-0.25, -0.2) is 0 Å². The molecule has 3 nitrogen and oxygen atoms in total. The third kappa shape index (κ3) is 3.35. The van der Waals surface area contributed by atoms with Crippen LogP contribution in [0.3, 0.4) is 0 Å². The summed E-state index contributed by atoms with van der Waals surface area (Å²) >= 11 is 5.97. The summed E-state index contributed by atoms with van der Waals surface area (Å²) in [6, 6.07) is 15.4. The second-order valence-corrected chi connectivity index (χ2v) is 6.31. The van der Waals surface area contributed by atoms with Gasteiger partial charge in [-0.15, -0.1) is 0 Å². The molecular weight excluding hydrogens is 310 g/mol. The van der Waals surface area contributed by atoms with Gasteiger partial charge in [-0.3, -0.25) is 4.79 Å². The van der Waals surface area contributed by atoms with E-state index < -0.39 is 0 Å². The average molecular weight is 330 g/mol. The summed E-state index contributed by atoms with van der Waals surface area (Å²) in [6.45, 7) is 2.06. The van der Waals surface area contributed by atoms with Crippen LogP contribution in [0.1, 0.15) is 41.7 Å². The minimum absolute atomic E-state index is 0.00261. The molecule has 1 saturated carbocycles. The molecular formula is C19H20ClNO2. The summed E-state index contributed by atoms with van der Waals surface area (Å²) < 4.78 is 5.35. The molecule has 4 heteroatoms. The lowest BCUT2D eigenvalue weighted by Gasteiger charge is -2.30. The monoisotopic (exact) mass is 329 g/mol. The molecule has 0 bridgehead atoms. The van der Waals surface area contributed by atoms with Gasteiger partial charge in [-0.2, -0.15) is 0 Å². The van der Waals surface area contributed by atoms with E-state index in [2.05, 4.69) is 6.92 Å². The number of halogens is 1. The third-order valence-electron chi connectivity index (χ3n) is 4.28. The van der Waals surface area contributed by atoms with Gasteiger partial charge < -0.3 is 9.64 Å². The van der Waals surface area contributed by atoms with Gasteiger partial charge in [-0.05, 0) is 49.6 Å². The van der Waals surface area contributed by atoms with Crippen molar-refractivity contribution in [3.63, 3.8) is 0 Å². The molecule has 0 aliphatic heterocycles. The Morgan fingerprint density at radius 3 is 2.43 bits per heavy atom. The first-order valence-electron chi connectivity index (χ1n) is 7.83. The standard InChI is InChI=1S/C19H20ClNO2/c1-13(14-7-9-15(20)10-8-14)21(16-11-12-16)19(22)17-5-3-4-6-18(17)23-2/h3-10,13,16H,11-12H2,1-2H3. The Morgan fingerprint density at radius 1 is 1.17 bits per heavy atom. The molecule has 0 heterocycles. The topological polar surface area (TPSA) is 29.5 Å². The Morgan fingerprint density at radius 2 is 1.83 bits per heavy atom. The number of hydrogen-bond acceptors (Lipinski definition) is 2. The van der Waals surface area contributed by atoms with Crippen LogP contribution in [-0.2, 0) is 0 Å². The van der Waals surface area contributed by atoms with Gasteiger partial charge in [0.1, 0.15) is 5.75 Å². The highest BCUT2D eigenvalue weighted by molar-refractivity contribution is 6.30. The molecule has 1 fully saturated rings. The van der Waals surface area contributed by atoms with Crippen molar-refractivity contribution in [2.45, 2.75) is 31.8 Å². The highest BCUT2D eigenvalue weighted by atomic mass is 35.5. The molecule has 0 aromatic heterocycles. The lowest BCUT2D eigenvalue weighted by Crippen LogP contribution is -2.35. The second kappa shape index (κ2) is 6.63. The number of ether oxygens (including phenoxy) is 1. The van der Waals surface area contributed by atoms with Crippen LogP contribution >= 0.6 is 11.6 Å². The summed E-state index contributed by atoms with van der Waals surface area (Å²) in [4.78, 5) is 15.1. The van der Waals surface area contributed by atoms with Gasteiger partial charge in [0.05, 0.1) is 18.7 Å². The molecule has 1 aliphatic carbocycles. The van der Waals surface area contributed by atoms with Crippen molar-refractivity contribution >= 4 is 17.5 Å². The van der Waals surface area contributed by atoms with Crippen LogP contribution in [-0.4, -0.2) is 24.0 Å². The van der Waals surface area contributed by atoms with E-state index in [0.29, 0.717) is 22.4 Å². The van der Waals surface area contributed by atoms with Gasteiger partial charge in [0.15, 0.2) is 0 Å². The van der Waals surface area contributed by atoms with Crippen molar-refractivity contribution in [3.8, 4) is 5.75 Å². The summed E-state index contributed by atoms with van der Waals surface area (Å²) in [5.74, 6) is 0.638. The van der Waals surface area contributed by atoms with Crippen LogP contribution < -0.4 is 4.74 Å². The molecule has 1 unspecified atom stereocenters. The first-order chi connectivity index (χ1) is 11.1. The summed E-state index contributed by atoms with van der Waals surface area (Å²) in [6.07, 6.45) is 2.11. The fourth-order valence-corrected chi connectivity index (χ4v) is 3.00. The maximum Gasteiger partial charge on any atom is 0.258 e. The number of para-hydroxylation sites is 1. The Labute approximate surface area is 141 Å². The zero-order chi connectivity index (χ0) is 16.4. The minimum atomic E-state index is -0.00261. The minimum Gasteiger partial charge on any atom is -0.496 e. The number of nitrogens with zero attached hydrogens (tertiary/aromatic N) is 1. The zero-order valence-electron chi connectivity index (χ0n) is 13.3. The van der Waals surface area contributed by atoms with Crippen molar-refractivity contribution in [1.29, 1.82) is 0 Å². The number of amides is 1. The summed E-state index contributed by atoms with van der Waals surface area (Å²) in [7, 11) is 1.59. The van der Waals surface area contributed by atoms with Crippen LogP contribution in [0.15, 0.2) is 48.5 Å². The molecule has 3 rings (SSSR count). The van der Waals surface area contributed by atoms with E-state index in [1.165, 1.54) is 0 Å². The van der Waals surface area contributed by atoms with Crippen molar-refractivity contribution < 1.29 is 9.53 Å². The molecule has 1 amide bonds. The van der Waals surface area contributed by atoms with E-state index >= 15 is 0 Å². The van der Waals surface area contributed by atoms with Crippen molar-refractivity contribution in [2.75, 3.05) is 7.11 Å². The molecule has 0 radical (unpaired) electrons. The lowest BCUT2D eigenvalue weighted by molar-refractivity contribution is 0.0670. The van der Waals surface area contributed by atoms with Crippen molar-refractivity contribution in [1.82, 2.24) is 4.90 Å². The van der Waals surface area contributed by atoms with E-state index in [4.69, 9.17) is 16.3 Å². The number of carbonyl (C=O) groups is 1. The largest absolute Gasteiger partial charge is 0.496 e. The lowest BCUT2D eigenvalue weighted by atomic mass is 10.0.